The molecule has 0 spiro atoms. The van der Waals surface area contributed by atoms with Crippen LogP contribution in [-0.4, -0.2) is 18.5 Å². The highest BCUT2D eigenvalue weighted by Crippen LogP contribution is 1.96. The molecule has 1 aliphatic rings. The summed E-state index contributed by atoms with van der Waals surface area (Å²) in [5.74, 6) is 0.0436. The minimum Gasteiger partial charge on any atom is -0.389 e. The van der Waals surface area contributed by atoms with E-state index >= 15 is 0 Å². The first-order valence-corrected chi connectivity index (χ1v) is 3.44. The van der Waals surface area contributed by atoms with Crippen LogP contribution in [0.25, 0.3) is 0 Å². The fraction of sp³-hybridized carbons (Fsp3) is 0.571. The Hall–Kier alpha value is -0.990. The zero-order valence-corrected chi connectivity index (χ0v) is 6.05. The van der Waals surface area contributed by atoms with Crippen LogP contribution < -0.4 is 10.6 Å². The van der Waals surface area contributed by atoms with E-state index in [-0.39, 0.29) is 11.9 Å². The molecule has 0 aromatic carbocycles. The number of nitrogens with one attached hydrogen (secondary N) is 2. The number of rotatable bonds is 1. The second-order valence-corrected chi connectivity index (χ2v) is 2.44. The quantitative estimate of drug-likeness (QED) is 0.538. The molecule has 0 saturated heterocycles. The van der Waals surface area contributed by atoms with E-state index in [9.17, 15) is 4.79 Å². The van der Waals surface area contributed by atoms with Crippen molar-refractivity contribution in [3.05, 3.63) is 12.3 Å². The summed E-state index contributed by atoms with van der Waals surface area (Å²) in [5.41, 5.74) is 0. The Labute approximate surface area is 60.5 Å². The van der Waals surface area contributed by atoms with Gasteiger partial charge in [0.25, 0.3) is 0 Å². The van der Waals surface area contributed by atoms with Crippen LogP contribution in [0, 0.1) is 0 Å². The summed E-state index contributed by atoms with van der Waals surface area (Å²) in [6.45, 7) is 2.38. The summed E-state index contributed by atoms with van der Waals surface area (Å²) in [4.78, 5) is 10.5. The third-order valence-corrected chi connectivity index (χ3v) is 1.43. The molecule has 3 nitrogen and oxygen atoms in total. The Kier molecular flexibility index (Phi) is 2.31. The fourth-order valence-corrected chi connectivity index (χ4v) is 1.01. The van der Waals surface area contributed by atoms with Crippen LogP contribution in [0.15, 0.2) is 12.3 Å². The first-order valence-electron chi connectivity index (χ1n) is 3.44. The van der Waals surface area contributed by atoms with Crippen molar-refractivity contribution in [2.24, 2.45) is 0 Å². The maximum Gasteiger partial charge on any atom is 0.217 e. The SMILES string of the molecule is CC(=O)NC1CC=CNC1. The third kappa shape index (κ3) is 2.09. The molecule has 1 unspecified atom stereocenters. The van der Waals surface area contributed by atoms with E-state index in [1.807, 2.05) is 12.3 Å². The van der Waals surface area contributed by atoms with Crippen LogP contribution in [0.4, 0.5) is 0 Å². The van der Waals surface area contributed by atoms with Gasteiger partial charge in [-0.15, -0.1) is 0 Å². The normalized spacial score (nSPS) is 23.5. The number of carbonyl (C=O) groups excluding carboxylic acids is 1. The van der Waals surface area contributed by atoms with Crippen molar-refractivity contribution >= 4 is 5.91 Å². The van der Waals surface area contributed by atoms with Gasteiger partial charge in [-0.3, -0.25) is 4.79 Å². The van der Waals surface area contributed by atoms with Gasteiger partial charge < -0.3 is 10.6 Å². The largest absolute Gasteiger partial charge is 0.389 e. The predicted octanol–water partition coefficient (Wildman–Crippen LogP) is -0.00190. The van der Waals surface area contributed by atoms with E-state index in [4.69, 9.17) is 0 Å². The third-order valence-electron chi connectivity index (χ3n) is 1.43. The van der Waals surface area contributed by atoms with Crippen LogP contribution >= 0.6 is 0 Å². The molecule has 3 heteroatoms. The van der Waals surface area contributed by atoms with Crippen molar-refractivity contribution < 1.29 is 4.79 Å². The molecule has 0 aromatic rings. The van der Waals surface area contributed by atoms with Gasteiger partial charge in [0.2, 0.25) is 5.91 Å². The monoisotopic (exact) mass is 140 g/mol. The number of hydrogen-bond acceptors (Lipinski definition) is 2. The Morgan fingerprint density at radius 1 is 1.80 bits per heavy atom. The van der Waals surface area contributed by atoms with E-state index in [0.717, 1.165) is 13.0 Å². The highest BCUT2D eigenvalue weighted by molar-refractivity contribution is 5.73. The maximum atomic E-state index is 10.5. The molecular weight excluding hydrogens is 128 g/mol. The van der Waals surface area contributed by atoms with Crippen LogP contribution in [0.3, 0.4) is 0 Å². The minimum atomic E-state index is 0.0436. The van der Waals surface area contributed by atoms with E-state index in [2.05, 4.69) is 10.6 Å². The second-order valence-electron chi connectivity index (χ2n) is 2.44. The number of amides is 1. The summed E-state index contributed by atoms with van der Waals surface area (Å²) in [7, 11) is 0. The highest BCUT2D eigenvalue weighted by Gasteiger charge is 2.08. The average Bonchev–Trinajstić information content (AvgIpc) is 1.88. The second kappa shape index (κ2) is 3.25. The molecule has 2 N–H and O–H groups in total. The molecular formula is C7H12N2O. The van der Waals surface area contributed by atoms with Gasteiger partial charge in [0.05, 0.1) is 0 Å². The molecule has 1 heterocycles. The predicted molar refractivity (Wildman–Crippen MR) is 39.4 cm³/mol. The fourth-order valence-electron chi connectivity index (χ4n) is 1.01. The van der Waals surface area contributed by atoms with Crippen molar-refractivity contribution in [2.45, 2.75) is 19.4 Å². The van der Waals surface area contributed by atoms with E-state index in [0.29, 0.717) is 0 Å². The van der Waals surface area contributed by atoms with Gasteiger partial charge in [-0.05, 0) is 12.6 Å². The lowest BCUT2D eigenvalue weighted by atomic mass is 10.1. The summed E-state index contributed by atoms with van der Waals surface area (Å²) < 4.78 is 0. The molecule has 1 amide bonds. The number of carbonyl (C=O) groups is 1. The zero-order chi connectivity index (χ0) is 7.40. The van der Waals surface area contributed by atoms with Crippen LogP contribution in [0.2, 0.25) is 0 Å². The van der Waals surface area contributed by atoms with Gasteiger partial charge in [-0.25, -0.2) is 0 Å². The molecule has 10 heavy (non-hydrogen) atoms. The summed E-state index contributed by atoms with van der Waals surface area (Å²) in [6.07, 6.45) is 4.87. The summed E-state index contributed by atoms with van der Waals surface area (Å²) in [6, 6.07) is 0.280. The molecule has 1 aliphatic heterocycles. The molecule has 0 aliphatic carbocycles. The molecule has 1 atom stereocenters. The Morgan fingerprint density at radius 2 is 2.60 bits per heavy atom. The smallest absolute Gasteiger partial charge is 0.217 e. The van der Waals surface area contributed by atoms with Crippen molar-refractivity contribution in [3.8, 4) is 0 Å². The van der Waals surface area contributed by atoms with Crippen LogP contribution in [0.5, 0.6) is 0 Å². The Morgan fingerprint density at radius 3 is 3.10 bits per heavy atom. The Balaban J connectivity index is 2.28. The molecule has 1 rings (SSSR count). The van der Waals surface area contributed by atoms with Crippen LogP contribution in [0.1, 0.15) is 13.3 Å². The first-order chi connectivity index (χ1) is 4.79. The Bertz CT molecular complexity index is 154. The standard InChI is InChI=1S/C7H12N2O/c1-6(10)9-7-3-2-4-8-5-7/h2,4,7-8H,3,5H2,1H3,(H,9,10). The van der Waals surface area contributed by atoms with E-state index < -0.39 is 0 Å². The van der Waals surface area contributed by atoms with Gasteiger partial charge in [-0.2, -0.15) is 0 Å². The van der Waals surface area contributed by atoms with Crippen molar-refractivity contribution in [3.63, 3.8) is 0 Å². The topological polar surface area (TPSA) is 41.1 Å². The lowest BCUT2D eigenvalue weighted by molar-refractivity contribution is -0.119. The van der Waals surface area contributed by atoms with E-state index in [1.165, 1.54) is 0 Å². The van der Waals surface area contributed by atoms with Gasteiger partial charge >= 0.3 is 0 Å². The van der Waals surface area contributed by atoms with Crippen molar-refractivity contribution in [2.75, 3.05) is 6.54 Å². The number of hydrogen-bond donors (Lipinski definition) is 2. The van der Waals surface area contributed by atoms with E-state index in [1.54, 1.807) is 6.92 Å². The van der Waals surface area contributed by atoms with Crippen molar-refractivity contribution in [1.29, 1.82) is 0 Å². The summed E-state index contributed by atoms with van der Waals surface area (Å²) >= 11 is 0. The molecule has 56 valence electrons. The summed E-state index contributed by atoms with van der Waals surface area (Å²) in [5, 5.41) is 5.87. The van der Waals surface area contributed by atoms with Gasteiger partial charge in [0.1, 0.15) is 0 Å². The maximum absolute atomic E-state index is 10.5. The zero-order valence-electron chi connectivity index (χ0n) is 6.05. The molecule has 0 fully saturated rings. The highest BCUT2D eigenvalue weighted by atomic mass is 16.1. The minimum absolute atomic E-state index is 0.0436. The van der Waals surface area contributed by atoms with Crippen LogP contribution in [-0.2, 0) is 4.79 Å². The lowest BCUT2D eigenvalue weighted by Crippen LogP contribution is -2.41. The van der Waals surface area contributed by atoms with Gasteiger partial charge in [-0.1, -0.05) is 6.08 Å². The molecule has 0 bridgehead atoms. The molecule has 0 saturated carbocycles. The molecule has 0 aromatic heterocycles. The molecule has 0 radical (unpaired) electrons. The van der Waals surface area contributed by atoms with Gasteiger partial charge in [0, 0.05) is 19.5 Å². The lowest BCUT2D eigenvalue weighted by Gasteiger charge is -2.19. The van der Waals surface area contributed by atoms with Crippen molar-refractivity contribution in [1.82, 2.24) is 10.6 Å². The average molecular weight is 140 g/mol. The van der Waals surface area contributed by atoms with Gasteiger partial charge in [0.15, 0.2) is 0 Å². The first kappa shape index (κ1) is 7.12.